The molecule has 3 heterocycles. The summed E-state index contributed by atoms with van der Waals surface area (Å²) >= 11 is 0. The summed E-state index contributed by atoms with van der Waals surface area (Å²) in [5.41, 5.74) is 1.96. The number of hydrogen-bond donors (Lipinski definition) is 1. The van der Waals surface area contributed by atoms with Gasteiger partial charge in [-0.1, -0.05) is 6.07 Å². The molecule has 6 heteroatoms. The van der Waals surface area contributed by atoms with E-state index in [0.717, 1.165) is 35.1 Å². The molecular weight excluding hydrogens is 308 g/mol. The molecule has 1 spiro atoms. The molecule has 2 aliphatic heterocycles. The zero-order valence-corrected chi connectivity index (χ0v) is 13.8. The number of likely N-dealkylation sites (tertiary alicyclic amines) is 1. The van der Waals surface area contributed by atoms with Crippen LogP contribution in [0.5, 0.6) is 5.75 Å². The van der Waals surface area contributed by atoms with Gasteiger partial charge in [-0.25, -0.2) is 0 Å². The van der Waals surface area contributed by atoms with Crippen LogP contribution in [-0.2, 0) is 20.7 Å². The molecule has 6 nitrogen and oxygen atoms in total. The molecule has 2 aromatic rings. The van der Waals surface area contributed by atoms with Crippen molar-refractivity contribution < 1.29 is 19.0 Å². The molecule has 1 N–H and O–H groups in total. The van der Waals surface area contributed by atoms with E-state index in [1.54, 1.807) is 7.11 Å². The number of ether oxygens (including phenoxy) is 3. The lowest BCUT2D eigenvalue weighted by molar-refractivity contribution is -0.187. The van der Waals surface area contributed by atoms with Crippen molar-refractivity contribution in [2.75, 3.05) is 33.4 Å². The van der Waals surface area contributed by atoms with E-state index in [0.29, 0.717) is 32.7 Å². The Bertz CT molecular complexity index is 739. The fraction of sp³-hybridized carbons (Fsp3) is 0.500. The van der Waals surface area contributed by atoms with Gasteiger partial charge in [0, 0.05) is 43.0 Å². The second-order valence-corrected chi connectivity index (χ2v) is 6.36. The van der Waals surface area contributed by atoms with Crippen LogP contribution < -0.4 is 4.74 Å². The van der Waals surface area contributed by atoms with Crippen molar-refractivity contribution in [3.63, 3.8) is 0 Å². The topological polar surface area (TPSA) is 63.8 Å². The number of nitrogens with one attached hydrogen (secondary N) is 1. The van der Waals surface area contributed by atoms with Gasteiger partial charge in [0.15, 0.2) is 5.79 Å². The van der Waals surface area contributed by atoms with E-state index in [2.05, 4.69) is 4.98 Å². The summed E-state index contributed by atoms with van der Waals surface area (Å²) in [6, 6.07) is 5.85. The number of aromatic amines is 1. The molecule has 0 aliphatic carbocycles. The molecule has 1 amide bonds. The van der Waals surface area contributed by atoms with Crippen LogP contribution in [-0.4, -0.2) is 55.0 Å². The molecule has 0 unspecified atom stereocenters. The van der Waals surface area contributed by atoms with Gasteiger partial charge in [-0.3, -0.25) is 4.79 Å². The van der Waals surface area contributed by atoms with Crippen LogP contribution in [0, 0.1) is 0 Å². The largest absolute Gasteiger partial charge is 0.496 e. The Morgan fingerprint density at radius 1 is 1.29 bits per heavy atom. The Kier molecular flexibility index (Phi) is 3.94. The van der Waals surface area contributed by atoms with Crippen LogP contribution in [0.1, 0.15) is 18.4 Å². The molecular formula is C18H22N2O4. The number of piperidine rings is 1. The number of benzene rings is 1. The number of carbonyl (C=O) groups is 1. The molecule has 4 rings (SSSR count). The second-order valence-electron chi connectivity index (χ2n) is 6.36. The Labute approximate surface area is 140 Å². The van der Waals surface area contributed by atoms with E-state index < -0.39 is 5.79 Å². The van der Waals surface area contributed by atoms with E-state index >= 15 is 0 Å². The standard InChI is InChI=1S/C18H22N2O4/c1-22-15-4-2-3-14-17(15)13(12-19-14)11-16(21)20-7-5-18(6-8-20)23-9-10-24-18/h2-4,12,19H,5-11H2,1H3. The SMILES string of the molecule is COc1cccc2[nH]cc(CC(=O)N3CCC4(CC3)OCCO4)c12. The molecule has 1 aromatic heterocycles. The minimum atomic E-state index is -0.444. The van der Waals surface area contributed by atoms with Crippen molar-refractivity contribution in [3.8, 4) is 5.75 Å². The highest BCUT2D eigenvalue weighted by Crippen LogP contribution is 2.32. The Hall–Kier alpha value is -2.05. The molecule has 0 atom stereocenters. The summed E-state index contributed by atoms with van der Waals surface area (Å²) < 4.78 is 16.9. The van der Waals surface area contributed by atoms with Gasteiger partial charge in [0.1, 0.15) is 5.75 Å². The van der Waals surface area contributed by atoms with Crippen molar-refractivity contribution in [1.29, 1.82) is 0 Å². The average molecular weight is 330 g/mol. The average Bonchev–Trinajstić information content (AvgIpc) is 3.23. The third-order valence-electron chi connectivity index (χ3n) is 5.00. The van der Waals surface area contributed by atoms with Gasteiger partial charge in [0.25, 0.3) is 0 Å². The highest BCUT2D eigenvalue weighted by molar-refractivity contribution is 5.93. The van der Waals surface area contributed by atoms with Gasteiger partial charge in [0.2, 0.25) is 5.91 Å². The third kappa shape index (κ3) is 2.65. The van der Waals surface area contributed by atoms with Crippen molar-refractivity contribution in [1.82, 2.24) is 9.88 Å². The minimum Gasteiger partial charge on any atom is -0.496 e. The smallest absolute Gasteiger partial charge is 0.227 e. The van der Waals surface area contributed by atoms with E-state index in [1.165, 1.54) is 0 Å². The van der Waals surface area contributed by atoms with E-state index in [9.17, 15) is 4.79 Å². The molecule has 128 valence electrons. The molecule has 24 heavy (non-hydrogen) atoms. The summed E-state index contributed by atoms with van der Waals surface area (Å²) in [6.07, 6.45) is 3.76. The van der Waals surface area contributed by atoms with Crippen LogP contribution in [0.25, 0.3) is 10.9 Å². The van der Waals surface area contributed by atoms with E-state index in [1.807, 2.05) is 29.3 Å². The third-order valence-corrected chi connectivity index (χ3v) is 5.00. The molecule has 0 bridgehead atoms. The van der Waals surface area contributed by atoms with Gasteiger partial charge in [-0.15, -0.1) is 0 Å². The maximum Gasteiger partial charge on any atom is 0.227 e. The van der Waals surface area contributed by atoms with Gasteiger partial charge in [-0.05, 0) is 17.7 Å². The summed E-state index contributed by atoms with van der Waals surface area (Å²) in [6.45, 7) is 2.67. The number of rotatable bonds is 3. The molecule has 0 radical (unpaired) electrons. The number of nitrogens with zero attached hydrogens (tertiary/aromatic N) is 1. The van der Waals surface area contributed by atoms with Gasteiger partial charge < -0.3 is 24.1 Å². The zero-order chi connectivity index (χ0) is 16.6. The fourth-order valence-corrected chi connectivity index (χ4v) is 3.69. The number of carbonyl (C=O) groups excluding carboxylic acids is 1. The van der Waals surface area contributed by atoms with Crippen molar-refractivity contribution in [3.05, 3.63) is 30.0 Å². The minimum absolute atomic E-state index is 0.134. The lowest BCUT2D eigenvalue weighted by Crippen LogP contribution is -2.47. The maximum absolute atomic E-state index is 12.7. The highest BCUT2D eigenvalue weighted by atomic mass is 16.7. The first-order valence-corrected chi connectivity index (χ1v) is 8.39. The van der Waals surface area contributed by atoms with Gasteiger partial charge in [0.05, 0.1) is 26.7 Å². The summed E-state index contributed by atoms with van der Waals surface area (Å²) in [4.78, 5) is 17.8. The Morgan fingerprint density at radius 3 is 2.75 bits per heavy atom. The van der Waals surface area contributed by atoms with Gasteiger partial charge in [-0.2, -0.15) is 0 Å². The molecule has 0 saturated carbocycles. The van der Waals surface area contributed by atoms with E-state index in [4.69, 9.17) is 14.2 Å². The van der Waals surface area contributed by atoms with Gasteiger partial charge >= 0.3 is 0 Å². The maximum atomic E-state index is 12.7. The quantitative estimate of drug-likeness (QED) is 0.936. The summed E-state index contributed by atoms with van der Waals surface area (Å²) in [5.74, 6) is 0.484. The van der Waals surface area contributed by atoms with Crippen LogP contribution >= 0.6 is 0 Å². The summed E-state index contributed by atoms with van der Waals surface area (Å²) in [7, 11) is 1.65. The Balaban J connectivity index is 1.47. The van der Waals surface area contributed by atoms with Crippen molar-refractivity contribution in [2.24, 2.45) is 0 Å². The van der Waals surface area contributed by atoms with Crippen LogP contribution in [0.4, 0.5) is 0 Å². The zero-order valence-electron chi connectivity index (χ0n) is 13.8. The normalized spacial score (nSPS) is 20.0. The van der Waals surface area contributed by atoms with Crippen LogP contribution in [0.15, 0.2) is 24.4 Å². The van der Waals surface area contributed by atoms with E-state index in [-0.39, 0.29) is 5.91 Å². The first kappa shape index (κ1) is 15.5. The first-order chi connectivity index (χ1) is 11.7. The highest BCUT2D eigenvalue weighted by Gasteiger charge is 2.40. The Morgan fingerprint density at radius 2 is 2.04 bits per heavy atom. The number of fused-ring (bicyclic) bond motifs is 1. The number of H-pyrrole nitrogens is 1. The molecule has 2 aliphatic rings. The molecule has 1 aromatic carbocycles. The lowest BCUT2D eigenvalue weighted by Gasteiger charge is -2.37. The number of methoxy groups -OCH3 is 1. The monoisotopic (exact) mass is 330 g/mol. The van der Waals surface area contributed by atoms with Crippen LogP contribution in [0.3, 0.4) is 0 Å². The second kappa shape index (κ2) is 6.11. The number of aromatic nitrogens is 1. The predicted octanol–water partition coefficient (Wildman–Crippen LogP) is 2.08. The summed E-state index contributed by atoms with van der Waals surface area (Å²) in [5, 5.41) is 0.990. The predicted molar refractivity (Wildman–Crippen MR) is 89.0 cm³/mol. The lowest BCUT2D eigenvalue weighted by atomic mass is 10.0. The molecule has 2 fully saturated rings. The van der Waals surface area contributed by atoms with Crippen molar-refractivity contribution >= 4 is 16.8 Å². The van der Waals surface area contributed by atoms with Crippen molar-refractivity contribution in [2.45, 2.75) is 25.0 Å². The fourth-order valence-electron chi connectivity index (χ4n) is 3.69. The molecule has 2 saturated heterocycles. The first-order valence-electron chi connectivity index (χ1n) is 8.39. The van der Waals surface area contributed by atoms with Crippen LogP contribution in [0.2, 0.25) is 0 Å². The number of amides is 1. The number of hydrogen-bond acceptors (Lipinski definition) is 4.